The molecule has 0 unspecified atom stereocenters. The summed E-state index contributed by atoms with van der Waals surface area (Å²) in [7, 11) is 0. The van der Waals surface area contributed by atoms with Crippen LogP contribution in [0.4, 0.5) is 4.39 Å². The van der Waals surface area contributed by atoms with Gasteiger partial charge in [0.1, 0.15) is 36.3 Å². The molecule has 0 saturated carbocycles. The molecule has 0 spiro atoms. The van der Waals surface area contributed by atoms with E-state index in [-0.39, 0.29) is 5.83 Å². The van der Waals surface area contributed by atoms with Crippen LogP contribution in [-0.2, 0) is 11.2 Å². The van der Waals surface area contributed by atoms with Gasteiger partial charge in [-0.05, 0) is 53.8 Å². The predicted octanol–water partition coefficient (Wildman–Crippen LogP) is 3.19. The van der Waals surface area contributed by atoms with E-state index in [1.54, 1.807) is 11.3 Å². The fourth-order valence-electron chi connectivity index (χ4n) is 4.09. The van der Waals surface area contributed by atoms with Gasteiger partial charge in [-0.25, -0.2) is 4.39 Å². The van der Waals surface area contributed by atoms with Crippen molar-refractivity contribution in [2.45, 2.75) is 56.7 Å². The largest absolute Gasteiger partial charge is 0.394 e. The van der Waals surface area contributed by atoms with Crippen LogP contribution >= 0.6 is 11.3 Å². The number of hydrogen-bond acceptors (Lipinski definition) is 6. The first kappa shape index (κ1) is 22.3. The standard InChI is InChI=1S/C24H27FO5S/c1-13-2-3-15(24-23(29)22(28)21(27)19(12-26)30-24)10-16(13)11-18-8-9-20(31-18)14-4-6-17(25)7-5-14/h2-4,6,8-10,19,21-24,26-29H,5,7,11-12H2,1H3/t19-,21-,22+,23-,24+/m1/s1. The third kappa shape index (κ3) is 4.67. The Balaban J connectivity index is 1.55. The molecule has 5 atom stereocenters. The third-order valence-corrected chi connectivity index (χ3v) is 7.20. The highest BCUT2D eigenvalue weighted by Gasteiger charge is 2.43. The van der Waals surface area contributed by atoms with Gasteiger partial charge in [-0.15, -0.1) is 11.3 Å². The van der Waals surface area contributed by atoms with E-state index in [2.05, 4.69) is 12.1 Å². The molecule has 0 bridgehead atoms. The molecule has 1 saturated heterocycles. The molecule has 2 aliphatic rings. The highest BCUT2D eigenvalue weighted by Crippen LogP contribution is 2.35. The molecule has 0 radical (unpaired) electrons. The zero-order valence-electron chi connectivity index (χ0n) is 17.2. The van der Waals surface area contributed by atoms with Crippen LogP contribution in [0.15, 0.2) is 48.3 Å². The second kappa shape index (κ2) is 9.32. The van der Waals surface area contributed by atoms with Crippen LogP contribution in [0.3, 0.4) is 0 Å². The van der Waals surface area contributed by atoms with E-state index in [0.29, 0.717) is 24.8 Å². The van der Waals surface area contributed by atoms with E-state index < -0.39 is 37.1 Å². The van der Waals surface area contributed by atoms with Gasteiger partial charge in [0.2, 0.25) is 0 Å². The lowest BCUT2D eigenvalue weighted by atomic mass is 9.89. The summed E-state index contributed by atoms with van der Waals surface area (Å²) in [4.78, 5) is 2.31. The second-order valence-electron chi connectivity index (χ2n) is 8.18. The molecule has 4 N–H and O–H groups in total. The lowest BCUT2D eigenvalue weighted by molar-refractivity contribution is -0.231. The molecule has 1 aromatic heterocycles. The predicted molar refractivity (Wildman–Crippen MR) is 117 cm³/mol. The Morgan fingerprint density at radius 3 is 2.55 bits per heavy atom. The number of halogens is 1. The van der Waals surface area contributed by atoms with Gasteiger partial charge < -0.3 is 25.2 Å². The molecule has 31 heavy (non-hydrogen) atoms. The molecule has 7 heteroatoms. The molecular weight excluding hydrogens is 419 g/mol. The molecule has 1 fully saturated rings. The number of ether oxygens (including phenoxy) is 1. The minimum atomic E-state index is -1.40. The average Bonchev–Trinajstić information content (AvgIpc) is 3.23. The SMILES string of the molecule is Cc1ccc([C@@H]2O[C@H](CO)[C@@H](O)[C@H](O)[C@H]2O)cc1Cc1ccc(C2=CC=C(F)CC2)s1. The van der Waals surface area contributed by atoms with Crippen molar-refractivity contribution in [3.63, 3.8) is 0 Å². The molecule has 0 amide bonds. The van der Waals surface area contributed by atoms with Crippen LogP contribution in [-0.4, -0.2) is 51.4 Å². The maximum absolute atomic E-state index is 13.3. The number of benzene rings is 1. The van der Waals surface area contributed by atoms with E-state index in [9.17, 15) is 24.8 Å². The van der Waals surface area contributed by atoms with Gasteiger partial charge in [-0.1, -0.05) is 24.3 Å². The van der Waals surface area contributed by atoms with Gasteiger partial charge in [0.15, 0.2) is 0 Å². The van der Waals surface area contributed by atoms with E-state index in [1.807, 2.05) is 31.2 Å². The molecule has 4 rings (SSSR count). The molecule has 2 aromatic rings. The molecule has 2 heterocycles. The Morgan fingerprint density at radius 1 is 1.03 bits per heavy atom. The van der Waals surface area contributed by atoms with Crippen molar-refractivity contribution < 1.29 is 29.6 Å². The third-order valence-electron chi connectivity index (χ3n) is 6.04. The summed E-state index contributed by atoms with van der Waals surface area (Å²) >= 11 is 1.68. The zero-order chi connectivity index (χ0) is 22.1. The molecule has 1 aliphatic heterocycles. The molecule has 1 aromatic carbocycles. The average molecular weight is 447 g/mol. The normalized spacial score (nSPS) is 28.9. The van der Waals surface area contributed by atoms with Crippen LogP contribution in [0.2, 0.25) is 0 Å². The number of allylic oxidation sites excluding steroid dienone is 4. The van der Waals surface area contributed by atoms with E-state index in [1.165, 1.54) is 11.0 Å². The van der Waals surface area contributed by atoms with Gasteiger partial charge in [0.05, 0.1) is 6.61 Å². The van der Waals surface area contributed by atoms with Crippen molar-refractivity contribution in [3.8, 4) is 0 Å². The number of hydrogen-bond donors (Lipinski definition) is 4. The Hall–Kier alpha value is -1.87. The van der Waals surface area contributed by atoms with Gasteiger partial charge >= 0.3 is 0 Å². The molecule has 1 aliphatic carbocycles. The van der Waals surface area contributed by atoms with Crippen molar-refractivity contribution in [3.05, 3.63) is 74.8 Å². The highest BCUT2D eigenvalue weighted by atomic mass is 32.1. The van der Waals surface area contributed by atoms with Crippen molar-refractivity contribution in [2.24, 2.45) is 0 Å². The molecule has 166 valence electrons. The van der Waals surface area contributed by atoms with Gasteiger partial charge in [-0.3, -0.25) is 0 Å². The smallest absolute Gasteiger partial charge is 0.113 e. The van der Waals surface area contributed by atoms with E-state index in [0.717, 1.165) is 21.6 Å². The minimum absolute atomic E-state index is 0.0823. The van der Waals surface area contributed by atoms with Gasteiger partial charge in [0.25, 0.3) is 0 Å². The Morgan fingerprint density at radius 2 is 1.84 bits per heavy atom. The fraction of sp³-hybridized carbons (Fsp3) is 0.417. The summed E-state index contributed by atoms with van der Waals surface area (Å²) in [6.45, 7) is 1.56. The molecule has 5 nitrogen and oxygen atoms in total. The minimum Gasteiger partial charge on any atom is -0.394 e. The van der Waals surface area contributed by atoms with Crippen molar-refractivity contribution in [1.82, 2.24) is 0 Å². The number of thiophene rings is 1. The summed E-state index contributed by atoms with van der Waals surface area (Å²) in [6, 6.07) is 9.87. The Labute approximate surface area is 184 Å². The van der Waals surface area contributed by atoms with Gasteiger partial charge in [-0.2, -0.15) is 0 Å². The summed E-state index contributed by atoms with van der Waals surface area (Å²) in [5.74, 6) is -0.0823. The van der Waals surface area contributed by atoms with Crippen molar-refractivity contribution in [2.75, 3.05) is 6.61 Å². The maximum atomic E-state index is 13.3. The first-order valence-electron chi connectivity index (χ1n) is 10.4. The highest BCUT2D eigenvalue weighted by molar-refractivity contribution is 7.13. The number of aliphatic hydroxyl groups is 4. The Kier molecular flexibility index (Phi) is 6.71. The fourth-order valence-corrected chi connectivity index (χ4v) is 5.17. The quantitative estimate of drug-likeness (QED) is 0.566. The van der Waals surface area contributed by atoms with E-state index in [4.69, 9.17) is 4.74 Å². The van der Waals surface area contributed by atoms with Crippen LogP contribution in [0.1, 0.15) is 45.4 Å². The first-order chi connectivity index (χ1) is 14.9. The van der Waals surface area contributed by atoms with Gasteiger partial charge in [0, 0.05) is 22.6 Å². The van der Waals surface area contributed by atoms with E-state index >= 15 is 0 Å². The molecular formula is C24H27FO5S. The topological polar surface area (TPSA) is 90.2 Å². The van der Waals surface area contributed by atoms with Crippen molar-refractivity contribution >= 4 is 16.9 Å². The zero-order valence-corrected chi connectivity index (χ0v) is 18.1. The summed E-state index contributed by atoms with van der Waals surface area (Å²) in [5, 5.41) is 40.0. The lowest BCUT2D eigenvalue weighted by Crippen LogP contribution is -2.55. The van der Waals surface area contributed by atoms with Crippen LogP contribution in [0, 0.1) is 6.92 Å². The lowest BCUT2D eigenvalue weighted by Gasteiger charge is -2.40. The second-order valence-corrected chi connectivity index (χ2v) is 9.35. The first-order valence-corrected chi connectivity index (χ1v) is 11.2. The number of rotatable bonds is 5. The summed E-state index contributed by atoms with van der Waals surface area (Å²) in [5.41, 5.74) is 3.98. The monoisotopic (exact) mass is 446 g/mol. The van der Waals surface area contributed by atoms with Crippen molar-refractivity contribution in [1.29, 1.82) is 0 Å². The van der Waals surface area contributed by atoms with Crippen LogP contribution in [0.25, 0.3) is 5.57 Å². The Bertz CT molecular complexity index is 996. The van der Waals surface area contributed by atoms with Crippen LogP contribution < -0.4 is 0 Å². The number of aryl methyl sites for hydroxylation is 1. The van der Waals surface area contributed by atoms with Crippen LogP contribution in [0.5, 0.6) is 0 Å². The maximum Gasteiger partial charge on any atom is 0.113 e. The summed E-state index contributed by atoms with van der Waals surface area (Å²) < 4.78 is 19.0. The summed E-state index contributed by atoms with van der Waals surface area (Å²) in [6.07, 6.45) is -0.628. The number of aliphatic hydroxyl groups excluding tert-OH is 4.